The molecule has 0 saturated heterocycles. The number of anilines is 1. The zero-order valence-electron chi connectivity index (χ0n) is 20.3. The second-order valence-corrected chi connectivity index (χ2v) is 8.27. The van der Waals surface area contributed by atoms with Crippen LogP contribution in [0.2, 0.25) is 0 Å². The quantitative estimate of drug-likeness (QED) is 0.251. The van der Waals surface area contributed by atoms with Gasteiger partial charge < -0.3 is 19.9 Å². The van der Waals surface area contributed by atoms with Gasteiger partial charge in [0.25, 0.3) is 0 Å². The van der Waals surface area contributed by atoms with E-state index in [-0.39, 0.29) is 5.75 Å². The van der Waals surface area contributed by atoms with Gasteiger partial charge in [0, 0.05) is 23.7 Å². The molecular weight excluding hydrogens is 461 g/mol. The molecule has 0 atom stereocenters. The maximum Gasteiger partial charge on any atom is 0.342 e. The molecule has 0 bridgehead atoms. The largest absolute Gasteiger partial charge is 0.496 e. The number of methoxy groups -OCH3 is 1. The standard InChI is InChI=1S/C28H28FN3O4/c1-3-4-13-36-25-15-19(14-22(29)27(25)28(33)34)23-16-26(32-17-31-23)30-12-11-21-20-8-6-5-7-18(20)9-10-24(21)35-2/h5-10,14-17H,3-4,11-13H2,1-2H3,(H,33,34)(H,30,31,32). The lowest BCUT2D eigenvalue weighted by molar-refractivity contribution is 0.0687. The van der Waals surface area contributed by atoms with Crippen LogP contribution in [-0.4, -0.2) is 41.3 Å². The lowest BCUT2D eigenvalue weighted by atomic mass is 10.0. The molecule has 0 aliphatic heterocycles. The van der Waals surface area contributed by atoms with E-state index < -0.39 is 17.3 Å². The van der Waals surface area contributed by atoms with Gasteiger partial charge in [0.15, 0.2) is 0 Å². The van der Waals surface area contributed by atoms with E-state index in [1.807, 2.05) is 31.2 Å². The van der Waals surface area contributed by atoms with Crippen LogP contribution in [0.15, 0.2) is 60.9 Å². The molecule has 1 aromatic heterocycles. The third-order valence-electron chi connectivity index (χ3n) is 5.88. The van der Waals surface area contributed by atoms with Crippen molar-refractivity contribution in [2.75, 3.05) is 25.6 Å². The molecule has 0 aliphatic carbocycles. The van der Waals surface area contributed by atoms with E-state index in [0.29, 0.717) is 36.6 Å². The minimum absolute atomic E-state index is 0.0119. The van der Waals surface area contributed by atoms with Crippen molar-refractivity contribution in [3.8, 4) is 22.8 Å². The van der Waals surface area contributed by atoms with Crippen molar-refractivity contribution in [3.05, 3.63) is 77.9 Å². The number of carbonyl (C=O) groups is 1. The van der Waals surface area contributed by atoms with Gasteiger partial charge in [-0.2, -0.15) is 0 Å². The van der Waals surface area contributed by atoms with Crippen molar-refractivity contribution in [1.82, 2.24) is 9.97 Å². The van der Waals surface area contributed by atoms with E-state index in [0.717, 1.165) is 41.0 Å². The number of fused-ring (bicyclic) bond motifs is 1. The molecule has 0 fully saturated rings. The molecule has 7 nitrogen and oxygen atoms in total. The molecular formula is C28H28FN3O4. The van der Waals surface area contributed by atoms with Crippen molar-refractivity contribution in [2.24, 2.45) is 0 Å². The first-order valence-electron chi connectivity index (χ1n) is 11.8. The molecule has 36 heavy (non-hydrogen) atoms. The van der Waals surface area contributed by atoms with Crippen LogP contribution in [0.1, 0.15) is 35.7 Å². The van der Waals surface area contributed by atoms with Crippen LogP contribution in [0, 0.1) is 5.82 Å². The molecule has 2 N–H and O–H groups in total. The summed E-state index contributed by atoms with van der Waals surface area (Å²) in [6.07, 6.45) is 3.68. The van der Waals surface area contributed by atoms with Crippen molar-refractivity contribution in [1.29, 1.82) is 0 Å². The number of hydrogen-bond donors (Lipinski definition) is 2. The fourth-order valence-corrected chi connectivity index (χ4v) is 4.07. The summed E-state index contributed by atoms with van der Waals surface area (Å²) in [6.45, 7) is 2.87. The Kier molecular flexibility index (Phi) is 7.95. The number of nitrogens with one attached hydrogen (secondary N) is 1. The summed E-state index contributed by atoms with van der Waals surface area (Å²) in [4.78, 5) is 20.1. The molecule has 4 rings (SSSR count). The summed E-state index contributed by atoms with van der Waals surface area (Å²) in [5.41, 5.74) is 1.47. The highest BCUT2D eigenvalue weighted by molar-refractivity contribution is 5.92. The third kappa shape index (κ3) is 5.54. The van der Waals surface area contributed by atoms with Gasteiger partial charge in [0.2, 0.25) is 0 Å². The summed E-state index contributed by atoms with van der Waals surface area (Å²) in [5.74, 6) is -0.872. The van der Waals surface area contributed by atoms with Crippen LogP contribution in [-0.2, 0) is 6.42 Å². The van der Waals surface area contributed by atoms with Crippen molar-refractivity contribution < 1.29 is 23.8 Å². The van der Waals surface area contributed by atoms with E-state index in [1.54, 1.807) is 13.2 Å². The first kappa shape index (κ1) is 24.9. The summed E-state index contributed by atoms with van der Waals surface area (Å²) >= 11 is 0. The first-order chi connectivity index (χ1) is 17.5. The molecule has 0 amide bonds. The number of aromatic nitrogens is 2. The zero-order chi connectivity index (χ0) is 25.5. The molecule has 0 saturated carbocycles. The van der Waals surface area contributed by atoms with Crippen LogP contribution >= 0.6 is 0 Å². The minimum atomic E-state index is -1.38. The number of rotatable bonds is 11. The molecule has 8 heteroatoms. The molecule has 186 valence electrons. The zero-order valence-corrected chi connectivity index (χ0v) is 20.3. The van der Waals surface area contributed by atoms with Gasteiger partial charge in [-0.25, -0.2) is 19.2 Å². The highest BCUT2D eigenvalue weighted by atomic mass is 19.1. The van der Waals surface area contributed by atoms with Crippen LogP contribution < -0.4 is 14.8 Å². The summed E-state index contributed by atoms with van der Waals surface area (Å²) in [5, 5.41) is 15.0. The highest BCUT2D eigenvalue weighted by Gasteiger charge is 2.20. The molecule has 3 aromatic carbocycles. The predicted octanol–water partition coefficient (Wildman–Crippen LogP) is 5.98. The van der Waals surface area contributed by atoms with Gasteiger partial charge in [-0.1, -0.05) is 43.7 Å². The number of ether oxygens (including phenoxy) is 2. The number of unbranched alkanes of at least 4 members (excludes halogenated alkanes) is 1. The third-order valence-corrected chi connectivity index (χ3v) is 5.88. The average molecular weight is 490 g/mol. The number of hydrogen-bond acceptors (Lipinski definition) is 6. The fourth-order valence-electron chi connectivity index (χ4n) is 4.07. The molecule has 4 aromatic rings. The van der Waals surface area contributed by atoms with Gasteiger partial charge in [0.1, 0.15) is 35.0 Å². The Morgan fingerprint density at radius 2 is 1.92 bits per heavy atom. The maximum atomic E-state index is 14.7. The van der Waals surface area contributed by atoms with Crippen molar-refractivity contribution >= 4 is 22.6 Å². The summed E-state index contributed by atoms with van der Waals surface area (Å²) < 4.78 is 25.9. The van der Waals surface area contributed by atoms with Gasteiger partial charge in [0.05, 0.1) is 19.4 Å². The lowest BCUT2D eigenvalue weighted by Crippen LogP contribution is -2.09. The molecule has 0 radical (unpaired) electrons. The van der Waals surface area contributed by atoms with Gasteiger partial charge in [-0.3, -0.25) is 0 Å². The van der Waals surface area contributed by atoms with Crippen LogP contribution in [0.3, 0.4) is 0 Å². The Bertz CT molecular complexity index is 1380. The Morgan fingerprint density at radius 1 is 1.08 bits per heavy atom. The fraction of sp³-hybridized carbons (Fsp3) is 0.250. The highest BCUT2D eigenvalue weighted by Crippen LogP contribution is 2.31. The van der Waals surface area contributed by atoms with E-state index in [9.17, 15) is 14.3 Å². The van der Waals surface area contributed by atoms with Gasteiger partial charge >= 0.3 is 5.97 Å². The molecule has 0 unspecified atom stereocenters. The Morgan fingerprint density at radius 3 is 2.69 bits per heavy atom. The van der Waals surface area contributed by atoms with Crippen molar-refractivity contribution in [3.63, 3.8) is 0 Å². The first-order valence-corrected chi connectivity index (χ1v) is 11.8. The monoisotopic (exact) mass is 489 g/mol. The number of carboxylic acid groups (broad SMARTS) is 1. The lowest BCUT2D eigenvalue weighted by Gasteiger charge is -2.14. The topological polar surface area (TPSA) is 93.6 Å². The Labute approximate surface area is 208 Å². The number of aromatic carboxylic acids is 1. The number of nitrogens with zero attached hydrogens (tertiary/aromatic N) is 2. The number of benzene rings is 3. The smallest absolute Gasteiger partial charge is 0.342 e. The minimum Gasteiger partial charge on any atom is -0.496 e. The van der Waals surface area contributed by atoms with Crippen LogP contribution in [0.4, 0.5) is 10.2 Å². The van der Waals surface area contributed by atoms with Gasteiger partial charge in [-0.15, -0.1) is 0 Å². The van der Waals surface area contributed by atoms with Crippen LogP contribution in [0.5, 0.6) is 11.5 Å². The normalized spacial score (nSPS) is 10.9. The van der Waals surface area contributed by atoms with Crippen molar-refractivity contribution in [2.45, 2.75) is 26.2 Å². The van der Waals surface area contributed by atoms with E-state index in [1.165, 1.54) is 12.4 Å². The Hall–Kier alpha value is -4.20. The maximum absolute atomic E-state index is 14.7. The molecule has 0 aliphatic rings. The predicted molar refractivity (Wildman–Crippen MR) is 137 cm³/mol. The van der Waals surface area contributed by atoms with Crippen LogP contribution in [0.25, 0.3) is 22.0 Å². The molecule has 1 heterocycles. The van der Waals surface area contributed by atoms with Gasteiger partial charge in [-0.05, 0) is 41.8 Å². The second-order valence-electron chi connectivity index (χ2n) is 8.27. The number of carboxylic acids is 1. The Balaban J connectivity index is 1.54. The average Bonchev–Trinajstić information content (AvgIpc) is 2.88. The summed E-state index contributed by atoms with van der Waals surface area (Å²) in [6, 6.07) is 16.5. The number of halogens is 1. The molecule has 0 spiro atoms. The SMILES string of the molecule is CCCCOc1cc(-c2cc(NCCc3c(OC)ccc4ccccc34)ncn2)cc(F)c1C(=O)O. The second kappa shape index (κ2) is 11.5. The van der Waals surface area contributed by atoms with E-state index in [4.69, 9.17) is 9.47 Å². The van der Waals surface area contributed by atoms with E-state index in [2.05, 4.69) is 27.4 Å². The van der Waals surface area contributed by atoms with E-state index >= 15 is 0 Å². The summed E-state index contributed by atoms with van der Waals surface area (Å²) in [7, 11) is 1.66.